The van der Waals surface area contributed by atoms with Crippen molar-refractivity contribution in [1.82, 2.24) is 0 Å². The highest BCUT2D eigenvalue weighted by Gasteiger charge is 2.65. The lowest BCUT2D eigenvalue weighted by Gasteiger charge is -2.33. The average Bonchev–Trinajstić information content (AvgIpc) is 2.80. The van der Waals surface area contributed by atoms with Crippen LogP contribution in [0.15, 0.2) is 0 Å². The molecule has 0 aromatic rings. The minimum atomic E-state index is -0.681. The SMILES string of the molecule is O=C1CC[C@@]2(O1)[C@H](O)CC[C@H]1O[C@H]12. The van der Waals surface area contributed by atoms with Gasteiger partial charge in [-0.25, -0.2) is 0 Å². The first-order valence-electron chi connectivity index (χ1n) is 4.78. The largest absolute Gasteiger partial charge is 0.453 e. The zero-order chi connectivity index (χ0) is 9.05. The maximum absolute atomic E-state index is 11.0. The Hall–Kier alpha value is -0.610. The number of carbonyl (C=O) groups is 1. The van der Waals surface area contributed by atoms with Crippen molar-refractivity contribution in [3.63, 3.8) is 0 Å². The van der Waals surface area contributed by atoms with E-state index in [1.54, 1.807) is 0 Å². The zero-order valence-electron chi connectivity index (χ0n) is 7.23. The van der Waals surface area contributed by atoms with Crippen LogP contribution in [0.4, 0.5) is 0 Å². The van der Waals surface area contributed by atoms with Gasteiger partial charge >= 0.3 is 5.97 Å². The lowest BCUT2D eigenvalue weighted by molar-refractivity contribution is -0.163. The van der Waals surface area contributed by atoms with E-state index in [0.717, 1.165) is 6.42 Å². The summed E-state index contributed by atoms with van der Waals surface area (Å²) in [7, 11) is 0. The van der Waals surface area contributed by atoms with Crippen LogP contribution in [0.3, 0.4) is 0 Å². The van der Waals surface area contributed by atoms with E-state index in [4.69, 9.17) is 9.47 Å². The molecule has 1 spiro atoms. The molecule has 2 heterocycles. The first-order chi connectivity index (χ1) is 6.22. The minimum absolute atomic E-state index is 0.0253. The molecule has 0 unspecified atom stereocenters. The highest BCUT2D eigenvalue weighted by atomic mass is 16.6. The van der Waals surface area contributed by atoms with Crippen LogP contribution in [0.25, 0.3) is 0 Å². The van der Waals surface area contributed by atoms with E-state index < -0.39 is 11.7 Å². The third kappa shape index (κ3) is 0.901. The highest BCUT2D eigenvalue weighted by molar-refractivity contribution is 5.72. The summed E-state index contributed by atoms with van der Waals surface area (Å²) in [6.07, 6.45) is 2.30. The number of rotatable bonds is 0. The lowest BCUT2D eigenvalue weighted by atomic mass is 9.80. The van der Waals surface area contributed by atoms with Crippen molar-refractivity contribution >= 4 is 5.97 Å². The molecule has 0 amide bonds. The molecule has 72 valence electrons. The Morgan fingerprint density at radius 3 is 3.00 bits per heavy atom. The van der Waals surface area contributed by atoms with Crippen LogP contribution < -0.4 is 0 Å². The van der Waals surface area contributed by atoms with Crippen LogP contribution in [0.1, 0.15) is 25.7 Å². The van der Waals surface area contributed by atoms with Gasteiger partial charge in [-0.2, -0.15) is 0 Å². The van der Waals surface area contributed by atoms with Crippen LogP contribution >= 0.6 is 0 Å². The van der Waals surface area contributed by atoms with Crippen molar-refractivity contribution in [2.45, 2.75) is 49.6 Å². The normalized spacial score (nSPS) is 53.3. The highest BCUT2D eigenvalue weighted by Crippen LogP contribution is 2.50. The van der Waals surface area contributed by atoms with Gasteiger partial charge in [0.1, 0.15) is 6.10 Å². The Bertz CT molecular complexity index is 260. The maximum Gasteiger partial charge on any atom is 0.306 e. The van der Waals surface area contributed by atoms with Crippen molar-refractivity contribution in [2.24, 2.45) is 0 Å². The summed E-state index contributed by atoms with van der Waals surface area (Å²) in [5.41, 5.74) is -0.681. The summed E-state index contributed by atoms with van der Waals surface area (Å²) in [6, 6.07) is 0. The van der Waals surface area contributed by atoms with Gasteiger partial charge in [-0.1, -0.05) is 0 Å². The summed E-state index contributed by atoms with van der Waals surface area (Å²) < 4.78 is 10.6. The third-order valence-corrected chi connectivity index (χ3v) is 3.38. The van der Waals surface area contributed by atoms with Crippen LogP contribution in [-0.4, -0.2) is 35.0 Å². The Kier molecular flexibility index (Phi) is 1.34. The lowest BCUT2D eigenvalue weighted by Crippen LogP contribution is -2.50. The molecule has 3 aliphatic rings. The number of fused-ring (bicyclic) bond motifs is 2. The molecule has 3 rings (SSSR count). The molecule has 0 aromatic carbocycles. The fraction of sp³-hybridized carbons (Fsp3) is 0.889. The molecule has 0 aromatic heterocycles. The van der Waals surface area contributed by atoms with Crippen LogP contribution in [0.2, 0.25) is 0 Å². The summed E-state index contributed by atoms with van der Waals surface area (Å²) in [6.45, 7) is 0. The molecule has 0 bridgehead atoms. The molecule has 4 atom stereocenters. The van der Waals surface area contributed by atoms with Gasteiger partial charge < -0.3 is 14.6 Å². The molecule has 2 aliphatic heterocycles. The Labute approximate surface area is 75.8 Å². The predicted octanol–water partition coefficient (Wildman–Crippen LogP) is -0.0157. The van der Waals surface area contributed by atoms with E-state index in [2.05, 4.69) is 0 Å². The molecule has 2 saturated heterocycles. The Morgan fingerprint density at radius 2 is 2.31 bits per heavy atom. The second kappa shape index (κ2) is 2.25. The second-order valence-electron chi connectivity index (χ2n) is 4.12. The molecule has 1 saturated carbocycles. The summed E-state index contributed by atoms with van der Waals surface area (Å²) in [5, 5.41) is 9.82. The van der Waals surface area contributed by atoms with Gasteiger partial charge in [0, 0.05) is 12.8 Å². The van der Waals surface area contributed by atoms with E-state index in [-0.39, 0.29) is 18.2 Å². The number of epoxide rings is 1. The van der Waals surface area contributed by atoms with Gasteiger partial charge in [0.25, 0.3) is 0 Å². The molecular formula is C9H12O4. The smallest absolute Gasteiger partial charge is 0.306 e. The molecule has 4 heteroatoms. The van der Waals surface area contributed by atoms with Gasteiger partial charge in [-0.15, -0.1) is 0 Å². The van der Waals surface area contributed by atoms with Crippen molar-refractivity contribution < 1.29 is 19.4 Å². The summed E-state index contributed by atoms with van der Waals surface area (Å²) >= 11 is 0. The average molecular weight is 184 g/mol. The van der Waals surface area contributed by atoms with E-state index >= 15 is 0 Å². The zero-order valence-corrected chi connectivity index (χ0v) is 7.23. The summed E-state index contributed by atoms with van der Waals surface area (Å²) in [4.78, 5) is 11.0. The number of carbonyl (C=O) groups excluding carboxylic acids is 1. The number of hydrogen-bond acceptors (Lipinski definition) is 4. The van der Waals surface area contributed by atoms with E-state index in [1.807, 2.05) is 0 Å². The van der Waals surface area contributed by atoms with Gasteiger partial charge in [0.05, 0.1) is 12.2 Å². The molecule has 3 fully saturated rings. The first kappa shape index (κ1) is 7.76. The number of aliphatic hydroxyl groups excluding tert-OH is 1. The predicted molar refractivity (Wildman–Crippen MR) is 42.0 cm³/mol. The van der Waals surface area contributed by atoms with Crippen molar-refractivity contribution in [3.8, 4) is 0 Å². The standard InChI is InChI=1S/C9H12O4/c10-6-2-1-5-8(12-5)9(6)4-3-7(11)13-9/h5-6,8,10H,1-4H2/t5-,6-,8-,9-/m1/s1. The molecule has 13 heavy (non-hydrogen) atoms. The minimum Gasteiger partial charge on any atom is -0.453 e. The number of esters is 1. The van der Waals surface area contributed by atoms with Crippen LogP contribution in [0, 0.1) is 0 Å². The van der Waals surface area contributed by atoms with Gasteiger partial charge in [0.2, 0.25) is 0 Å². The monoisotopic (exact) mass is 184 g/mol. The molecule has 0 radical (unpaired) electrons. The van der Waals surface area contributed by atoms with E-state index in [9.17, 15) is 9.90 Å². The number of hydrogen-bond donors (Lipinski definition) is 1. The summed E-state index contributed by atoms with van der Waals surface area (Å²) in [5.74, 6) is -0.199. The first-order valence-corrected chi connectivity index (χ1v) is 4.78. The molecular weight excluding hydrogens is 172 g/mol. The molecule has 1 N–H and O–H groups in total. The quantitative estimate of drug-likeness (QED) is 0.424. The fourth-order valence-electron chi connectivity index (χ4n) is 2.59. The van der Waals surface area contributed by atoms with Crippen LogP contribution in [0.5, 0.6) is 0 Å². The topological polar surface area (TPSA) is 59.1 Å². The Balaban J connectivity index is 1.90. The fourth-order valence-corrected chi connectivity index (χ4v) is 2.59. The van der Waals surface area contributed by atoms with Crippen molar-refractivity contribution in [3.05, 3.63) is 0 Å². The van der Waals surface area contributed by atoms with Crippen molar-refractivity contribution in [2.75, 3.05) is 0 Å². The molecule has 4 nitrogen and oxygen atoms in total. The van der Waals surface area contributed by atoms with Gasteiger partial charge in [-0.05, 0) is 12.8 Å². The number of ether oxygens (including phenoxy) is 2. The second-order valence-corrected chi connectivity index (χ2v) is 4.12. The molecule has 1 aliphatic carbocycles. The number of aliphatic hydroxyl groups is 1. The third-order valence-electron chi connectivity index (χ3n) is 3.38. The van der Waals surface area contributed by atoms with E-state index in [0.29, 0.717) is 19.3 Å². The van der Waals surface area contributed by atoms with Crippen LogP contribution in [-0.2, 0) is 14.3 Å². The van der Waals surface area contributed by atoms with Gasteiger partial charge in [0.15, 0.2) is 5.60 Å². The van der Waals surface area contributed by atoms with Gasteiger partial charge in [-0.3, -0.25) is 4.79 Å². The van der Waals surface area contributed by atoms with Crippen molar-refractivity contribution in [1.29, 1.82) is 0 Å². The van der Waals surface area contributed by atoms with E-state index in [1.165, 1.54) is 0 Å². The maximum atomic E-state index is 11.0. The Morgan fingerprint density at radius 1 is 1.46 bits per heavy atom.